The zero-order chi connectivity index (χ0) is 9.68. The molecule has 1 rings (SSSR count). The van der Waals surface area contributed by atoms with Crippen LogP contribution in [0.3, 0.4) is 0 Å². The molecule has 0 aromatic heterocycles. The van der Waals surface area contributed by atoms with Crippen LogP contribution in [0.4, 0.5) is 4.79 Å². The number of nitrogens with two attached hydrogens (primary N) is 1. The average molecular weight is 188 g/mol. The Morgan fingerprint density at radius 1 is 1.77 bits per heavy atom. The van der Waals surface area contributed by atoms with Crippen LogP contribution in [-0.4, -0.2) is 50.4 Å². The Labute approximate surface area is 77.8 Å². The summed E-state index contributed by atoms with van der Waals surface area (Å²) >= 11 is 0. The van der Waals surface area contributed by atoms with E-state index in [0.717, 1.165) is 6.42 Å². The van der Waals surface area contributed by atoms with Crippen LogP contribution < -0.4 is 5.73 Å². The number of carbonyl (C=O) groups excluding carboxylic acids is 1. The molecule has 1 fully saturated rings. The minimum absolute atomic E-state index is 0.0752. The number of ether oxygens (including phenoxy) is 2. The zero-order valence-corrected chi connectivity index (χ0v) is 7.86. The summed E-state index contributed by atoms with van der Waals surface area (Å²) < 4.78 is 9.91. The molecule has 5 nitrogen and oxygen atoms in total. The minimum atomic E-state index is -0.290. The van der Waals surface area contributed by atoms with E-state index in [-0.39, 0.29) is 12.1 Å². The molecule has 1 heterocycles. The Hall–Kier alpha value is -0.810. The molecule has 5 heteroatoms. The van der Waals surface area contributed by atoms with Gasteiger partial charge in [0.15, 0.2) is 0 Å². The summed E-state index contributed by atoms with van der Waals surface area (Å²) in [5.74, 6) is 0. The first kappa shape index (κ1) is 10.3. The lowest BCUT2D eigenvalue weighted by molar-refractivity contribution is -0.00611. The summed E-state index contributed by atoms with van der Waals surface area (Å²) in [4.78, 5) is 12.9. The summed E-state index contributed by atoms with van der Waals surface area (Å²) in [5.41, 5.74) is 5.43. The number of methoxy groups -OCH3 is 1. The maximum Gasteiger partial charge on any atom is 0.409 e. The van der Waals surface area contributed by atoms with Crippen molar-refractivity contribution in [2.75, 3.05) is 33.4 Å². The molecule has 0 aliphatic carbocycles. The Kier molecular flexibility index (Phi) is 3.98. The summed E-state index contributed by atoms with van der Waals surface area (Å²) in [7, 11) is 1.39. The van der Waals surface area contributed by atoms with Crippen molar-refractivity contribution in [1.82, 2.24) is 4.90 Å². The Morgan fingerprint density at radius 3 is 3.15 bits per heavy atom. The molecule has 76 valence electrons. The van der Waals surface area contributed by atoms with Crippen molar-refractivity contribution in [1.29, 1.82) is 0 Å². The molecule has 0 bridgehead atoms. The maximum absolute atomic E-state index is 11.3. The van der Waals surface area contributed by atoms with Crippen LogP contribution in [0.25, 0.3) is 0 Å². The summed E-state index contributed by atoms with van der Waals surface area (Å²) in [5, 5.41) is 0. The maximum atomic E-state index is 11.3. The standard InChI is InChI=1S/C8H16N2O3/c1-12-8(11)10-4-5-13-6-7(10)2-3-9/h7H,2-6,9H2,1H3. The fraction of sp³-hybridized carbons (Fsp3) is 0.875. The van der Waals surface area contributed by atoms with E-state index in [4.69, 9.17) is 10.5 Å². The average Bonchev–Trinajstić information content (AvgIpc) is 2.18. The van der Waals surface area contributed by atoms with E-state index in [0.29, 0.717) is 26.3 Å². The number of carbonyl (C=O) groups is 1. The van der Waals surface area contributed by atoms with Gasteiger partial charge in [-0.1, -0.05) is 0 Å². The highest BCUT2D eigenvalue weighted by molar-refractivity contribution is 5.67. The third-order valence-corrected chi connectivity index (χ3v) is 2.14. The van der Waals surface area contributed by atoms with Gasteiger partial charge in [-0.25, -0.2) is 4.79 Å². The SMILES string of the molecule is COC(=O)N1CCOCC1CCN. The van der Waals surface area contributed by atoms with Crippen molar-refractivity contribution in [2.24, 2.45) is 5.73 Å². The first-order valence-corrected chi connectivity index (χ1v) is 4.42. The van der Waals surface area contributed by atoms with Crippen LogP contribution in [-0.2, 0) is 9.47 Å². The fourth-order valence-corrected chi connectivity index (χ4v) is 1.44. The number of rotatable bonds is 2. The van der Waals surface area contributed by atoms with Crippen molar-refractivity contribution in [3.63, 3.8) is 0 Å². The van der Waals surface area contributed by atoms with Crippen LogP contribution in [0.5, 0.6) is 0 Å². The van der Waals surface area contributed by atoms with Gasteiger partial charge in [0.05, 0.1) is 26.4 Å². The van der Waals surface area contributed by atoms with Gasteiger partial charge < -0.3 is 20.1 Å². The molecule has 0 radical (unpaired) electrons. The lowest BCUT2D eigenvalue weighted by Gasteiger charge is -2.34. The fourth-order valence-electron chi connectivity index (χ4n) is 1.44. The number of morpholine rings is 1. The van der Waals surface area contributed by atoms with Crippen LogP contribution in [0, 0.1) is 0 Å². The molecule has 1 aliphatic heterocycles. The molecule has 2 N–H and O–H groups in total. The molecule has 1 amide bonds. The van der Waals surface area contributed by atoms with E-state index in [1.807, 2.05) is 0 Å². The quantitative estimate of drug-likeness (QED) is 0.652. The largest absolute Gasteiger partial charge is 0.453 e. The van der Waals surface area contributed by atoms with E-state index < -0.39 is 0 Å². The normalized spacial score (nSPS) is 22.9. The topological polar surface area (TPSA) is 64.8 Å². The van der Waals surface area contributed by atoms with Crippen molar-refractivity contribution >= 4 is 6.09 Å². The van der Waals surface area contributed by atoms with Crippen molar-refractivity contribution in [2.45, 2.75) is 12.5 Å². The second kappa shape index (κ2) is 5.04. The molecule has 0 saturated carbocycles. The first-order valence-electron chi connectivity index (χ1n) is 4.42. The predicted molar refractivity (Wildman–Crippen MR) is 47.4 cm³/mol. The molecule has 0 spiro atoms. The van der Waals surface area contributed by atoms with Gasteiger partial charge in [-0.2, -0.15) is 0 Å². The Bertz CT molecular complexity index is 173. The van der Waals surface area contributed by atoms with E-state index in [1.54, 1.807) is 4.90 Å². The summed E-state index contributed by atoms with van der Waals surface area (Å²) in [6, 6.07) is 0.0752. The molecule has 1 aliphatic rings. The first-order chi connectivity index (χ1) is 6.29. The van der Waals surface area contributed by atoms with Gasteiger partial charge in [0, 0.05) is 6.54 Å². The van der Waals surface area contributed by atoms with Gasteiger partial charge in [-0.15, -0.1) is 0 Å². The van der Waals surface area contributed by atoms with Crippen molar-refractivity contribution in [3.8, 4) is 0 Å². The molecule has 0 aromatic carbocycles. The van der Waals surface area contributed by atoms with Gasteiger partial charge in [-0.3, -0.25) is 0 Å². The molecular formula is C8H16N2O3. The molecule has 1 atom stereocenters. The third kappa shape index (κ3) is 2.57. The van der Waals surface area contributed by atoms with Crippen molar-refractivity contribution in [3.05, 3.63) is 0 Å². The predicted octanol–water partition coefficient (Wildman–Crippen LogP) is -0.198. The highest BCUT2D eigenvalue weighted by atomic mass is 16.5. The number of amides is 1. The molecular weight excluding hydrogens is 172 g/mol. The second-order valence-electron chi connectivity index (χ2n) is 2.97. The monoisotopic (exact) mass is 188 g/mol. The highest BCUT2D eigenvalue weighted by Gasteiger charge is 2.26. The van der Waals surface area contributed by atoms with Crippen molar-refractivity contribution < 1.29 is 14.3 Å². The lowest BCUT2D eigenvalue weighted by Crippen LogP contribution is -2.49. The highest BCUT2D eigenvalue weighted by Crippen LogP contribution is 2.10. The second-order valence-corrected chi connectivity index (χ2v) is 2.97. The third-order valence-electron chi connectivity index (χ3n) is 2.14. The van der Waals surface area contributed by atoms with Crippen LogP contribution in [0.15, 0.2) is 0 Å². The van der Waals surface area contributed by atoms with Crippen LogP contribution >= 0.6 is 0 Å². The van der Waals surface area contributed by atoms with Gasteiger partial charge >= 0.3 is 6.09 Å². The van der Waals surface area contributed by atoms with Gasteiger partial charge in [-0.05, 0) is 13.0 Å². The molecule has 1 saturated heterocycles. The van der Waals surface area contributed by atoms with E-state index in [9.17, 15) is 4.79 Å². The Morgan fingerprint density at radius 2 is 2.54 bits per heavy atom. The number of nitrogens with zero attached hydrogens (tertiary/aromatic N) is 1. The summed E-state index contributed by atoms with van der Waals surface area (Å²) in [6.45, 7) is 2.29. The van der Waals surface area contributed by atoms with Gasteiger partial charge in [0.25, 0.3) is 0 Å². The summed E-state index contributed by atoms with van der Waals surface area (Å²) in [6.07, 6.45) is 0.469. The zero-order valence-electron chi connectivity index (χ0n) is 7.86. The van der Waals surface area contributed by atoms with E-state index >= 15 is 0 Å². The van der Waals surface area contributed by atoms with Gasteiger partial charge in [0.2, 0.25) is 0 Å². The lowest BCUT2D eigenvalue weighted by atomic mass is 10.2. The van der Waals surface area contributed by atoms with Crippen LogP contribution in [0.1, 0.15) is 6.42 Å². The van der Waals surface area contributed by atoms with E-state index in [2.05, 4.69) is 4.74 Å². The smallest absolute Gasteiger partial charge is 0.409 e. The molecule has 1 unspecified atom stereocenters. The Balaban J connectivity index is 2.50. The number of hydrogen-bond donors (Lipinski definition) is 1. The molecule has 0 aromatic rings. The minimum Gasteiger partial charge on any atom is -0.453 e. The molecule has 13 heavy (non-hydrogen) atoms. The van der Waals surface area contributed by atoms with E-state index in [1.165, 1.54) is 7.11 Å². The van der Waals surface area contributed by atoms with Gasteiger partial charge in [0.1, 0.15) is 0 Å². The van der Waals surface area contributed by atoms with Crippen LogP contribution in [0.2, 0.25) is 0 Å². The number of hydrogen-bond acceptors (Lipinski definition) is 4.